The van der Waals surface area contributed by atoms with Crippen LogP contribution in [0, 0.1) is 5.82 Å². The van der Waals surface area contributed by atoms with Gasteiger partial charge in [0.1, 0.15) is 17.5 Å². The van der Waals surface area contributed by atoms with E-state index in [1.165, 1.54) is 24.4 Å². The van der Waals surface area contributed by atoms with Gasteiger partial charge in [-0.05, 0) is 30.3 Å². The maximum atomic E-state index is 13.9. The lowest BCUT2D eigenvalue weighted by molar-refractivity contribution is -0.137. The SMILES string of the molecule is CCC(=O)N1CCN(c2nc(-c3ccc(F)c(Cl)c3)cc(N3CCN(c4ncccc4C(F)(F)F)CC3)n2)CC1. The van der Waals surface area contributed by atoms with Gasteiger partial charge in [-0.3, -0.25) is 4.79 Å². The van der Waals surface area contributed by atoms with Crippen LogP contribution in [0.15, 0.2) is 42.6 Å². The van der Waals surface area contributed by atoms with Gasteiger partial charge < -0.3 is 19.6 Å². The number of carbonyl (C=O) groups is 1. The van der Waals surface area contributed by atoms with Crippen molar-refractivity contribution in [3.63, 3.8) is 0 Å². The Morgan fingerprint density at radius 2 is 1.60 bits per heavy atom. The van der Waals surface area contributed by atoms with Gasteiger partial charge >= 0.3 is 6.18 Å². The van der Waals surface area contributed by atoms with Crippen LogP contribution in [0.2, 0.25) is 5.02 Å². The van der Waals surface area contributed by atoms with Crippen LogP contribution < -0.4 is 14.7 Å². The first-order chi connectivity index (χ1) is 19.1. The smallest absolute Gasteiger partial charge is 0.353 e. The molecule has 2 aliphatic rings. The third-order valence-corrected chi connectivity index (χ3v) is 7.42. The molecule has 0 bridgehead atoms. The molecule has 0 radical (unpaired) electrons. The summed E-state index contributed by atoms with van der Waals surface area (Å²) in [5, 5.41) is -0.0321. The monoisotopic (exact) mass is 577 g/mol. The summed E-state index contributed by atoms with van der Waals surface area (Å²) in [5.74, 6) is 0.530. The second-order valence-electron chi connectivity index (χ2n) is 9.61. The Kier molecular flexibility index (Phi) is 7.97. The predicted molar refractivity (Wildman–Crippen MR) is 145 cm³/mol. The summed E-state index contributed by atoms with van der Waals surface area (Å²) in [6.07, 6.45) is -2.70. The normalized spacial score (nSPS) is 16.4. The maximum Gasteiger partial charge on any atom is 0.419 e. The minimum absolute atomic E-state index is 0.0321. The Morgan fingerprint density at radius 3 is 2.25 bits per heavy atom. The van der Waals surface area contributed by atoms with Crippen molar-refractivity contribution in [2.24, 2.45) is 0 Å². The first-order valence-electron chi connectivity index (χ1n) is 13.0. The molecule has 212 valence electrons. The van der Waals surface area contributed by atoms with E-state index in [1.54, 1.807) is 17.0 Å². The Morgan fingerprint density at radius 1 is 0.925 bits per heavy atom. The summed E-state index contributed by atoms with van der Waals surface area (Å²) >= 11 is 6.05. The average Bonchev–Trinajstić information content (AvgIpc) is 2.97. The molecule has 4 heterocycles. The number of halogens is 5. The van der Waals surface area contributed by atoms with Gasteiger partial charge in [-0.25, -0.2) is 14.4 Å². The number of amides is 1. The third kappa shape index (κ3) is 5.91. The van der Waals surface area contributed by atoms with E-state index in [2.05, 4.69) is 4.98 Å². The summed E-state index contributed by atoms with van der Waals surface area (Å²) < 4.78 is 54.6. The van der Waals surface area contributed by atoms with Gasteiger partial charge in [0.25, 0.3) is 0 Å². The van der Waals surface area contributed by atoms with E-state index in [-0.39, 0.29) is 16.7 Å². The van der Waals surface area contributed by atoms with E-state index < -0.39 is 17.6 Å². The number of alkyl halides is 3. The summed E-state index contributed by atoms with van der Waals surface area (Å²) in [4.78, 5) is 33.1. The lowest BCUT2D eigenvalue weighted by Gasteiger charge is -2.38. The van der Waals surface area contributed by atoms with E-state index in [1.807, 2.05) is 21.6 Å². The van der Waals surface area contributed by atoms with Crippen LogP contribution in [0.3, 0.4) is 0 Å². The van der Waals surface area contributed by atoms with Crippen molar-refractivity contribution in [3.05, 3.63) is 59.0 Å². The molecule has 8 nitrogen and oxygen atoms in total. The summed E-state index contributed by atoms with van der Waals surface area (Å²) in [6.45, 7) is 5.46. The van der Waals surface area contributed by atoms with Gasteiger partial charge in [-0.2, -0.15) is 18.2 Å². The minimum Gasteiger partial charge on any atom is -0.353 e. The first kappa shape index (κ1) is 27.9. The standard InChI is InChI=1S/C27H28ClF4N7O/c1-2-24(40)37-10-14-39(15-11-37)26-34-22(18-5-6-21(29)20(28)16-18)17-23(35-26)36-8-12-38(13-9-36)25-19(27(30,31)32)4-3-7-33-25/h3-7,16-17H,2,8-15H2,1H3. The lowest BCUT2D eigenvalue weighted by Crippen LogP contribution is -2.49. The van der Waals surface area contributed by atoms with Crippen molar-refractivity contribution in [2.75, 3.05) is 67.1 Å². The molecule has 0 N–H and O–H groups in total. The second kappa shape index (κ2) is 11.4. The van der Waals surface area contributed by atoms with E-state index in [4.69, 9.17) is 21.6 Å². The minimum atomic E-state index is -4.50. The maximum absolute atomic E-state index is 13.9. The molecule has 1 aromatic carbocycles. The Labute approximate surface area is 234 Å². The van der Waals surface area contributed by atoms with Crippen molar-refractivity contribution in [1.82, 2.24) is 19.9 Å². The predicted octanol–water partition coefficient (Wildman–Crippen LogP) is 4.74. The van der Waals surface area contributed by atoms with Crippen molar-refractivity contribution in [3.8, 4) is 11.3 Å². The fourth-order valence-corrected chi connectivity index (χ4v) is 5.11. The highest BCUT2D eigenvalue weighted by atomic mass is 35.5. The highest BCUT2D eigenvalue weighted by molar-refractivity contribution is 6.31. The number of pyridine rings is 1. The molecule has 0 saturated carbocycles. The molecule has 13 heteroatoms. The fraction of sp³-hybridized carbons (Fsp3) is 0.407. The van der Waals surface area contributed by atoms with E-state index >= 15 is 0 Å². The molecule has 40 heavy (non-hydrogen) atoms. The molecule has 0 unspecified atom stereocenters. The van der Waals surface area contributed by atoms with Crippen molar-refractivity contribution >= 4 is 35.1 Å². The molecule has 3 aromatic rings. The molecule has 1 amide bonds. The van der Waals surface area contributed by atoms with Gasteiger partial charge in [0.15, 0.2) is 0 Å². The Balaban J connectivity index is 1.41. The molecule has 2 aliphatic heterocycles. The summed E-state index contributed by atoms with van der Waals surface area (Å²) in [7, 11) is 0. The summed E-state index contributed by atoms with van der Waals surface area (Å²) in [6, 6.07) is 8.47. The summed E-state index contributed by atoms with van der Waals surface area (Å²) in [5.41, 5.74) is 0.391. The zero-order chi connectivity index (χ0) is 28.4. The quantitative estimate of drug-likeness (QED) is 0.406. The van der Waals surface area contributed by atoms with E-state index in [0.717, 1.165) is 6.07 Å². The number of benzene rings is 1. The van der Waals surface area contributed by atoms with Gasteiger partial charge in [-0.15, -0.1) is 0 Å². The number of piperazine rings is 2. The second-order valence-corrected chi connectivity index (χ2v) is 10.0. The van der Waals surface area contributed by atoms with Gasteiger partial charge in [-0.1, -0.05) is 18.5 Å². The van der Waals surface area contributed by atoms with E-state index in [0.29, 0.717) is 81.8 Å². The van der Waals surface area contributed by atoms with Crippen LogP contribution in [0.5, 0.6) is 0 Å². The van der Waals surface area contributed by atoms with E-state index in [9.17, 15) is 22.4 Å². The topological polar surface area (TPSA) is 68.7 Å². The largest absolute Gasteiger partial charge is 0.419 e. The van der Waals surface area contributed by atoms with Crippen molar-refractivity contribution in [1.29, 1.82) is 0 Å². The van der Waals surface area contributed by atoms with Gasteiger partial charge in [0, 0.05) is 76.6 Å². The number of hydrogen-bond acceptors (Lipinski definition) is 7. The zero-order valence-corrected chi connectivity index (χ0v) is 22.6. The number of rotatable bonds is 5. The highest BCUT2D eigenvalue weighted by Gasteiger charge is 2.36. The number of hydrogen-bond donors (Lipinski definition) is 0. The van der Waals surface area contributed by atoms with Crippen LogP contribution in [-0.2, 0) is 11.0 Å². The van der Waals surface area contributed by atoms with Crippen LogP contribution in [0.4, 0.5) is 35.1 Å². The molecule has 2 fully saturated rings. The van der Waals surface area contributed by atoms with Crippen molar-refractivity contribution < 1.29 is 22.4 Å². The first-order valence-corrected chi connectivity index (χ1v) is 13.4. The molecule has 2 aromatic heterocycles. The number of nitrogens with zero attached hydrogens (tertiary/aromatic N) is 7. The molecule has 0 aliphatic carbocycles. The fourth-order valence-electron chi connectivity index (χ4n) is 4.93. The Bertz CT molecular complexity index is 1370. The third-order valence-electron chi connectivity index (χ3n) is 7.13. The van der Waals surface area contributed by atoms with Crippen LogP contribution in [0.25, 0.3) is 11.3 Å². The molecule has 5 rings (SSSR count). The van der Waals surface area contributed by atoms with Gasteiger partial charge in [0.2, 0.25) is 11.9 Å². The van der Waals surface area contributed by atoms with Crippen molar-refractivity contribution in [2.45, 2.75) is 19.5 Å². The lowest BCUT2D eigenvalue weighted by atomic mass is 10.1. The molecule has 0 atom stereocenters. The van der Waals surface area contributed by atoms with Crippen LogP contribution in [-0.4, -0.2) is 78.1 Å². The average molecular weight is 578 g/mol. The molecular formula is C27H28ClF4N7O. The van der Waals surface area contributed by atoms with Gasteiger partial charge in [0.05, 0.1) is 16.3 Å². The Hall–Kier alpha value is -3.67. The number of aromatic nitrogens is 3. The highest BCUT2D eigenvalue weighted by Crippen LogP contribution is 2.36. The molecule has 2 saturated heterocycles. The zero-order valence-electron chi connectivity index (χ0n) is 21.8. The van der Waals surface area contributed by atoms with Crippen LogP contribution in [0.1, 0.15) is 18.9 Å². The molecular weight excluding hydrogens is 550 g/mol. The number of carbonyl (C=O) groups excluding carboxylic acids is 1. The number of anilines is 3. The molecule has 0 spiro atoms. The van der Waals surface area contributed by atoms with Crippen LogP contribution >= 0.6 is 11.6 Å².